The van der Waals surface area contributed by atoms with E-state index in [4.69, 9.17) is 4.74 Å². The van der Waals surface area contributed by atoms with E-state index in [-0.39, 0.29) is 0 Å². The van der Waals surface area contributed by atoms with Crippen LogP contribution >= 0.6 is 0 Å². The highest BCUT2D eigenvalue weighted by Gasteiger charge is 2.18. The van der Waals surface area contributed by atoms with Crippen molar-refractivity contribution in [2.24, 2.45) is 5.92 Å². The highest BCUT2D eigenvalue weighted by Crippen LogP contribution is 2.29. The summed E-state index contributed by atoms with van der Waals surface area (Å²) in [4.78, 5) is 7.03. The van der Waals surface area contributed by atoms with Crippen molar-refractivity contribution in [1.29, 1.82) is 0 Å². The quantitative estimate of drug-likeness (QED) is 0.815. The van der Waals surface area contributed by atoms with Crippen molar-refractivity contribution < 1.29 is 4.74 Å². The lowest BCUT2D eigenvalue weighted by molar-refractivity contribution is 0.388. The first kappa shape index (κ1) is 16.8. The largest absolute Gasteiger partial charge is 0.481 e. The van der Waals surface area contributed by atoms with E-state index in [0.29, 0.717) is 5.92 Å². The van der Waals surface area contributed by atoms with Gasteiger partial charge < -0.3 is 9.64 Å². The Hall–Kier alpha value is -1.25. The third-order valence-electron chi connectivity index (χ3n) is 3.80. The molecule has 0 atom stereocenters. The van der Waals surface area contributed by atoms with E-state index in [9.17, 15) is 0 Å². The molecule has 1 saturated heterocycles. The van der Waals surface area contributed by atoms with Gasteiger partial charge in [-0.1, -0.05) is 34.6 Å². The average molecular weight is 278 g/mol. The first-order valence-corrected chi connectivity index (χ1v) is 7.91. The summed E-state index contributed by atoms with van der Waals surface area (Å²) in [5.41, 5.74) is 1.19. The van der Waals surface area contributed by atoms with E-state index in [1.54, 1.807) is 7.11 Å². The third kappa shape index (κ3) is 4.12. The van der Waals surface area contributed by atoms with Gasteiger partial charge in [0.05, 0.1) is 7.11 Å². The van der Waals surface area contributed by atoms with Crippen molar-refractivity contribution in [3.05, 3.63) is 17.7 Å². The van der Waals surface area contributed by atoms with Crippen LogP contribution in [0, 0.1) is 5.92 Å². The van der Waals surface area contributed by atoms with Crippen LogP contribution in [0.15, 0.2) is 12.1 Å². The van der Waals surface area contributed by atoms with E-state index in [0.717, 1.165) is 30.7 Å². The summed E-state index contributed by atoms with van der Waals surface area (Å²) >= 11 is 0. The fourth-order valence-electron chi connectivity index (χ4n) is 2.46. The summed E-state index contributed by atoms with van der Waals surface area (Å²) in [5, 5.41) is 0. The van der Waals surface area contributed by atoms with Gasteiger partial charge in [0.15, 0.2) is 0 Å². The molecule has 2 rings (SSSR count). The van der Waals surface area contributed by atoms with Gasteiger partial charge in [-0.3, -0.25) is 0 Å². The Morgan fingerprint density at radius 3 is 2.30 bits per heavy atom. The smallest absolute Gasteiger partial charge is 0.218 e. The molecular weight excluding hydrogens is 248 g/mol. The molecule has 0 saturated carbocycles. The number of anilines is 1. The van der Waals surface area contributed by atoms with Crippen LogP contribution in [0.3, 0.4) is 0 Å². The van der Waals surface area contributed by atoms with Crippen molar-refractivity contribution >= 4 is 5.82 Å². The number of hydrogen-bond acceptors (Lipinski definition) is 3. The van der Waals surface area contributed by atoms with E-state index in [2.05, 4.69) is 42.8 Å². The SMILES string of the molecule is CC.COc1nc(N2CCC(C)CC2)ccc1C(C)C. The molecule has 0 N–H and O–H groups in total. The summed E-state index contributed by atoms with van der Waals surface area (Å²) in [6.45, 7) is 12.9. The summed E-state index contributed by atoms with van der Waals surface area (Å²) in [7, 11) is 1.70. The van der Waals surface area contributed by atoms with Gasteiger partial charge in [-0.05, 0) is 36.8 Å². The number of nitrogens with zero attached hydrogens (tertiary/aromatic N) is 2. The molecule has 1 aromatic rings. The van der Waals surface area contributed by atoms with Gasteiger partial charge in [0.25, 0.3) is 0 Å². The highest BCUT2D eigenvalue weighted by molar-refractivity contribution is 5.45. The molecule has 1 aromatic heterocycles. The lowest BCUT2D eigenvalue weighted by Gasteiger charge is -2.31. The van der Waals surface area contributed by atoms with Crippen molar-refractivity contribution in [3.63, 3.8) is 0 Å². The molecule has 0 aromatic carbocycles. The van der Waals surface area contributed by atoms with Crippen LogP contribution in [0.25, 0.3) is 0 Å². The van der Waals surface area contributed by atoms with Crippen LogP contribution in [0.2, 0.25) is 0 Å². The second-order valence-electron chi connectivity index (χ2n) is 5.59. The standard InChI is InChI=1S/C15H24N2O.C2H6/c1-11(2)13-5-6-14(16-15(13)18-4)17-9-7-12(3)8-10-17;1-2/h5-6,11-12H,7-10H2,1-4H3;1-2H3. The van der Waals surface area contributed by atoms with Gasteiger partial charge in [0.2, 0.25) is 5.88 Å². The minimum atomic E-state index is 0.447. The molecule has 0 unspecified atom stereocenters. The predicted octanol–water partition coefficient (Wildman–Crippen LogP) is 4.48. The molecule has 0 amide bonds. The molecule has 20 heavy (non-hydrogen) atoms. The molecule has 1 fully saturated rings. The minimum Gasteiger partial charge on any atom is -0.481 e. The van der Waals surface area contributed by atoms with Gasteiger partial charge in [0.1, 0.15) is 5.82 Å². The van der Waals surface area contributed by atoms with E-state index in [1.165, 1.54) is 18.4 Å². The van der Waals surface area contributed by atoms with Crippen molar-refractivity contribution in [3.8, 4) is 5.88 Å². The maximum atomic E-state index is 5.42. The average Bonchev–Trinajstić information content (AvgIpc) is 2.49. The fourth-order valence-corrected chi connectivity index (χ4v) is 2.46. The molecule has 114 valence electrons. The Kier molecular flexibility index (Phi) is 6.83. The molecule has 0 radical (unpaired) electrons. The Morgan fingerprint density at radius 1 is 1.20 bits per heavy atom. The van der Waals surface area contributed by atoms with Gasteiger partial charge in [-0.2, -0.15) is 4.98 Å². The summed E-state index contributed by atoms with van der Waals surface area (Å²) in [5.74, 6) is 3.13. The Balaban J connectivity index is 0.000000956. The topological polar surface area (TPSA) is 25.4 Å². The molecule has 2 heterocycles. The van der Waals surface area contributed by atoms with E-state index in [1.807, 2.05) is 13.8 Å². The van der Waals surface area contributed by atoms with Gasteiger partial charge in [-0.15, -0.1) is 0 Å². The molecular formula is C17H30N2O. The van der Waals surface area contributed by atoms with E-state index >= 15 is 0 Å². The Bertz CT molecular complexity index is 396. The maximum absolute atomic E-state index is 5.42. The van der Waals surface area contributed by atoms with Crippen LogP contribution in [0.1, 0.15) is 58.9 Å². The van der Waals surface area contributed by atoms with Crippen molar-refractivity contribution in [2.45, 2.75) is 53.4 Å². The number of pyridine rings is 1. The lowest BCUT2D eigenvalue weighted by atomic mass is 9.99. The third-order valence-corrected chi connectivity index (χ3v) is 3.80. The van der Waals surface area contributed by atoms with Crippen LogP contribution < -0.4 is 9.64 Å². The first-order valence-electron chi connectivity index (χ1n) is 7.91. The van der Waals surface area contributed by atoms with Crippen LogP contribution in [0.4, 0.5) is 5.82 Å². The van der Waals surface area contributed by atoms with Crippen LogP contribution in [-0.4, -0.2) is 25.2 Å². The summed E-state index contributed by atoms with van der Waals surface area (Å²) < 4.78 is 5.42. The maximum Gasteiger partial charge on any atom is 0.218 e. The van der Waals surface area contributed by atoms with Gasteiger partial charge >= 0.3 is 0 Å². The minimum absolute atomic E-state index is 0.447. The normalized spacial score (nSPS) is 15.8. The Labute approximate surface area is 124 Å². The lowest BCUT2D eigenvalue weighted by Crippen LogP contribution is -2.33. The Morgan fingerprint density at radius 2 is 1.80 bits per heavy atom. The number of ether oxygens (including phenoxy) is 1. The molecule has 0 spiro atoms. The zero-order valence-electron chi connectivity index (χ0n) is 13.9. The van der Waals surface area contributed by atoms with Crippen LogP contribution in [0.5, 0.6) is 5.88 Å². The molecule has 0 bridgehead atoms. The first-order chi connectivity index (χ1) is 9.61. The van der Waals surface area contributed by atoms with E-state index < -0.39 is 0 Å². The molecule has 1 aliphatic rings. The number of methoxy groups -OCH3 is 1. The summed E-state index contributed by atoms with van der Waals surface area (Å²) in [6, 6.07) is 4.29. The molecule has 3 nitrogen and oxygen atoms in total. The zero-order valence-corrected chi connectivity index (χ0v) is 13.9. The number of piperidine rings is 1. The van der Waals surface area contributed by atoms with Crippen molar-refractivity contribution in [2.75, 3.05) is 25.1 Å². The van der Waals surface area contributed by atoms with Gasteiger partial charge in [0, 0.05) is 18.7 Å². The number of hydrogen-bond donors (Lipinski definition) is 0. The van der Waals surface area contributed by atoms with Gasteiger partial charge in [-0.25, -0.2) is 0 Å². The van der Waals surface area contributed by atoms with Crippen LogP contribution in [-0.2, 0) is 0 Å². The highest BCUT2D eigenvalue weighted by atomic mass is 16.5. The molecule has 0 aliphatic carbocycles. The zero-order chi connectivity index (χ0) is 15.1. The number of aromatic nitrogens is 1. The second-order valence-corrected chi connectivity index (χ2v) is 5.59. The fraction of sp³-hybridized carbons (Fsp3) is 0.706. The monoisotopic (exact) mass is 278 g/mol. The number of rotatable bonds is 3. The summed E-state index contributed by atoms with van der Waals surface area (Å²) in [6.07, 6.45) is 2.52. The van der Waals surface area contributed by atoms with Crippen molar-refractivity contribution in [1.82, 2.24) is 4.98 Å². The predicted molar refractivity (Wildman–Crippen MR) is 86.8 cm³/mol. The second kappa shape index (κ2) is 8.13. The molecule has 3 heteroatoms. The molecule has 1 aliphatic heterocycles.